The first-order valence-electron chi connectivity index (χ1n) is 6.29. The topological polar surface area (TPSA) is 48.7 Å². The summed E-state index contributed by atoms with van der Waals surface area (Å²) in [5.74, 6) is 1.10. The van der Waals surface area contributed by atoms with Gasteiger partial charge in [0, 0.05) is 11.1 Å². The van der Waals surface area contributed by atoms with Gasteiger partial charge in [0.25, 0.3) is 0 Å². The molecule has 2 aromatic heterocycles. The molecule has 1 atom stereocenters. The van der Waals surface area contributed by atoms with Crippen molar-refractivity contribution in [3.63, 3.8) is 0 Å². The van der Waals surface area contributed by atoms with Crippen LogP contribution in [0.4, 0.5) is 5.82 Å². The molecule has 19 heavy (non-hydrogen) atoms. The maximum absolute atomic E-state index is 9.25. The fourth-order valence-corrected chi connectivity index (χ4v) is 2.94. The molecule has 0 saturated carbocycles. The third kappa shape index (κ3) is 2.94. The molecule has 0 aliphatic rings. The molecule has 0 amide bonds. The Kier molecular flexibility index (Phi) is 4.18. The monoisotopic (exact) mass is 271 g/mol. The molecule has 2 heterocycles. The van der Waals surface area contributed by atoms with Crippen molar-refractivity contribution in [3.8, 4) is 6.07 Å². The van der Waals surface area contributed by atoms with Crippen LogP contribution in [0.15, 0.2) is 29.8 Å². The van der Waals surface area contributed by atoms with Gasteiger partial charge >= 0.3 is 0 Å². The number of nitrogens with zero attached hydrogens (tertiary/aromatic N) is 2. The lowest BCUT2D eigenvalue weighted by atomic mass is 10.0. The summed E-state index contributed by atoms with van der Waals surface area (Å²) in [5, 5.41) is 14.7. The Morgan fingerprint density at radius 2 is 2.16 bits per heavy atom. The third-order valence-corrected chi connectivity index (χ3v) is 4.04. The zero-order valence-corrected chi connectivity index (χ0v) is 12.2. The van der Waals surface area contributed by atoms with Crippen molar-refractivity contribution in [3.05, 3.63) is 45.8 Å². The molecule has 98 valence electrons. The van der Waals surface area contributed by atoms with E-state index in [1.165, 1.54) is 4.88 Å². The number of rotatable bonds is 4. The molecule has 0 bridgehead atoms. The number of aryl methyl sites for hydroxylation is 1. The van der Waals surface area contributed by atoms with Crippen LogP contribution in [-0.4, -0.2) is 4.98 Å². The van der Waals surface area contributed by atoms with Crippen LogP contribution in [0.3, 0.4) is 0 Å². The molecule has 0 saturated heterocycles. The van der Waals surface area contributed by atoms with Crippen molar-refractivity contribution in [1.82, 2.24) is 4.98 Å². The van der Waals surface area contributed by atoms with Crippen LogP contribution in [0, 0.1) is 24.2 Å². The average Bonchev–Trinajstić information content (AvgIpc) is 2.89. The van der Waals surface area contributed by atoms with E-state index < -0.39 is 0 Å². The van der Waals surface area contributed by atoms with Crippen molar-refractivity contribution in [2.45, 2.75) is 26.8 Å². The molecule has 0 aromatic carbocycles. The zero-order chi connectivity index (χ0) is 13.8. The number of pyridine rings is 1. The van der Waals surface area contributed by atoms with Crippen LogP contribution < -0.4 is 5.32 Å². The molecule has 1 N–H and O–H groups in total. The second-order valence-electron chi connectivity index (χ2n) is 4.84. The molecular weight excluding hydrogens is 254 g/mol. The molecule has 0 aliphatic carbocycles. The van der Waals surface area contributed by atoms with Gasteiger partial charge in [0.05, 0.1) is 11.6 Å². The van der Waals surface area contributed by atoms with Gasteiger partial charge in [-0.1, -0.05) is 19.9 Å². The van der Waals surface area contributed by atoms with E-state index in [0.717, 1.165) is 5.56 Å². The van der Waals surface area contributed by atoms with E-state index in [2.05, 4.69) is 41.7 Å². The van der Waals surface area contributed by atoms with E-state index in [4.69, 9.17) is 0 Å². The van der Waals surface area contributed by atoms with Crippen molar-refractivity contribution in [1.29, 1.82) is 5.26 Å². The summed E-state index contributed by atoms with van der Waals surface area (Å²) in [4.78, 5) is 5.58. The van der Waals surface area contributed by atoms with Crippen LogP contribution >= 0.6 is 11.3 Å². The maximum atomic E-state index is 9.25. The largest absolute Gasteiger partial charge is 0.361 e. The van der Waals surface area contributed by atoms with Gasteiger partial charge in [-0.05, 0) is 35.9 Å². The summed E-state index contributed by atoms with van der Waals surface area (Å²) >= 11 is 1.72. The summed E-state index contributed by atoms with van der Waals surface area (Å²) in [6, 6.07) is 8.44. The van der Waals surface area contributed by atoms with Crippen LogP contribution in [-0.2, 0) is 0 Å². The van der Waals surface area contributed by atoms with E-state index in [-0.39, 0.29) is 6.04 Å². The summed E-state index contributed by atoms with van der Waals surface area (Å²) < 4.78 is 0. The molecule has 0 spiro atoms. The summed E-state index contributed by atoms with van der Waals surface area (Å²) in [5.41, 5.74) is 1.58. The highest BCUT2D eigenvalue weighted by Gasteiger charge is 2.19. The number of aromatic nitrogens is 1. The number of nitrogens with one attached hydrogen (secondary N) is 1. The molecular formula is C15H17N3S. The molecule has 0 fully saturated rings. The molecule has 4 heteroatoms. The average molecular weight is 271 g/mol. The lowest BCUT2D eigenvalue weighted by Gasteiger charge is -2.22. The summed E-state index contributed by atoms with van der Waals surface area (Å²) in [6.45, 7) is 6.26. The molecule has 3 nitrogen and oxygen atoms in total. The molecule has 0 radical (unpaired) electrons. The van der Waals surface area contributed by atoms with Crippen molar-refractivity contribution >= 4 is 17.2 Å². The predicted octanol–water partition coefficient (Wildman–Crippen LogP) is 4.13. The van der Waals surface area contributed by atoms with Crippen LogP contribution in [0.1, 0.15) is 35.9 Å². The van der Waals surface area contributed by atoms with Gasteiger partial charge in [0.1, 0.15) is 11.9 Å². The van der Waals surface area contributed by atoms with Gasteiger partial charge < -0.3 is 5.32 Å². The van der Waals surface area contributed by atoms with Crippen molar-refractivity contribution < 1.29 is 0 Å². The second-order valence-corrected chi connectivity index (χ2v) is 5.82. The first kappa shape index (κ1) is 13.6. The number of hydrogen-bond acceptors (Lipinski definition) is 4. The summed E-state index contributed by atoms with van der Waals surface area (Å²) in [6.07, 6.45) is 1.74. The van der Waals surface area contributed by atoms with E-state index in [0.29, 0.717) is 17.3 Å². The van der Waals surface area contributed by atoms with Crippen LogP contribution in [0.5, 0.6) is 0 Å². The lowest BCUT2D eigenvalue weighted by molar-refractivity contribution is 0.552. The minimum atomic E-state index is 0.182. The minimum absolute atomic E-state index is 0.182. The number of hydrogen-bond donors (Lipinski definition) is 1. The minimum Gasteiger partial charge on any atom is -0.361 e. The van der Waals surface area contributed by atoms with Gasteiger partial charge in [-0.3, -0.25) is 0 Å². The predicted molar refractivity (Wildman–Crippen MR) is 79.2 cm³/mol. The Balaban J connectivity index is 2.34. The van der Waals surface area contributed by atoms with Gasteiger partial charge in [-0.25, -0.2) is 4.98 Å². The van der Waals surface area contributed by atoms with E-state index in [9.17, 15) is 5.26 Å². The Morgan fingerprint density at radius 3 is 2.74 bits per heavy atom. The number of nitriles is 1. The second kappa shape index (κ2) is 5.85. The first-order chi connectivity index (χ1) is 9.13. The highest BCUT2D eigenvalue weighted by atomic mass is 32.1. The Hall–Kier alpha value is -1.86. The fourth-order valence-electron chi connectivity index (χ4n) is 1.99. The highest BCUT2D eigenvalue weighted by molar-refractivity contribution is 7.10. The molecule has 2 aromatic rings. The Bertz CT molecular complexity index is 582. The molecule has 0 aliphatic heterocycles. The highest BCUT2D eigenvalue weighted by Crippen LogP contribution is 2.30. The van der Waals surface area contributed by atoms with Crippen LogP contribution in [0.2, 0.25) is 0 Å². The fraction of sp³-hybridized carbons (Fsp3) is 0.333. The third-order valence-electron chi connectivity index (χ3n) is 3.08. The van der Waals surface area contributed by atoms with Crippen LogP contribution in [0.25, 0.3) is 0 Å². The number of thiophene rings is 1. The molecule has 2 rings (SSSR count). The van der Waals surface area contributed by atoms with Crippen molar-refractivity contribution in [2.24, 2.45) is 5.92 Å². The Labute approximate surface area is 117 Å². The van der Waals surface area contributed by atoms with E-state index in [1.807, 2.05) is 19.1 Å². The van der Waals surface area contributed by atoms with Gasteiger partial charge in [-0.2, -0.15) is 5.26 Å². The van der Waals surface area contributed by atoms with Gasteiger partial charge in [0.15, 0.2) is 0 Å². The first-order valence-corrected chi connectivity index (χ1v) is 7.17. The van der Waals surface area contributed by atoms with E-state index >= 15 is 0 Å². The SMILES string of the molecule is Cc1ccnc(NC(c2cccs2)C(C)C)c1C#N. The van der Waals surface area contributed by atoms with Gasteiger partial charge in [-0.15, -0.1) is 11.3 Å². The normalized spacial score (nSPS) is 12.2. The smallest absolute Gasteiger partial charge is 0.144 e. The lowest BCUT2D eigenvalue weighted by Crippen LogP contribution is -2.17. The van der Waals surface area contributed by atoms with Gasteiger partial charge in [0.2, 0.25) is 0 Å². The summed E-state index contributed by atoms with van der Waals surface area (Å²) in [7, 11) is 0. The van der Waals surface area contributed by atoms with Crippen molar-refractivity contribution in [2.75, 3.05) is 5.32 Å². The molecule has 1 unspecified atom stereocenters. The van der Waals surface area contributed by atoms with E-state index in [1.54, 1.807) is 17.5 Å². The quantitative estimate of drug-likeness (QED) is 0.909. The standard InChI is InChI=1S/C15H17N3S/c1-10(2)14(13-5-4-8-19-13)18-15-12(9-16)11(3)6-7-17-15/h4-8,10,14H,1-3H3,(H,17,18). The maximum Gasteiger partial charge on any atom is 0.144 e. The number of anilines is 1. The zero-order valence-electron chi connectivity index (χ0n) is 11.3. The Morgan fingerprint density at radius 1 is 1.37 bits per heavy atom.